The van der Waals surface area contributed by atoms with Gasteiger partial charge >= 0.3 is 5.97 Å². The van der Waals surface area contributed by atoms with E-state index in [1.165, 1.54) is 77.3 Å². The maximum absolute atomic E-state index is 11.6. The van der Waals surface area contributed by atoms with Gasteiger partial charge in [0.05, 0.1) is 6.61 Å². The highest BCUT2D eigenvalue weighted by atomic mass is 16.5. The van der Waals surface area contributed by atoms with Crippen LogP contribution in [0, 0.1) is 0 Å². The van der Waals surface area contributed by atoms with Gasteiger partial charge in [0.15, 0.2) is 0 Å². The third kappa shape index (κ3) is 17.8. The van der Waals surface area contributed by atoms with E-state index in [9.17, 15) is 4.79 Å². The average Bonchev–Trinajstić information content (AvgIpc) is 2.56. The van der Waals surface area contributed by atoms with Gasteiger partial charge in [-0.1, -0.05) is 71.6 Å². The fraction of sp³-hybridized carbons (Fsp3) is 0.952. The van der Waals surface area contributed by atoms with E-state index in [1.807, 2.05) is 0 Å². The first kappa shape index (κ1) is 23.4. The average molecular weight is 342 g/mol. The van der Waals surface area contributed by atoms with E-state index in [0.717, 1.165) is 19.3 Å². The highest BCUT2D eigenvalue weighted by molar-refractivity contribution is 5.69. The van der Waals surface area contributed by atoms with E-state index < -0.39 is 0 Å². The van der Waals surface area contributed by atoms with Crippen molar-refractivity contribution in [2.24, 2.45) is 0 Å². The molecule has 0 N–H and O–H groups in total. The zero-order valence-electron chi connectivity index (χ0n) is 16.8. The molecule has 0 rings (SSSR count). The van der Waals surface area contributed by atoms with E-state index in [2.05, 4.69) is 25.8 Å². The topological polar surface area (TPSA) is 29.5 Å². The molecule has 3 heteroatoms. The maximum atomic E-state index is 11.6. The summed E-state index contributed by atoms with van der Waals surface area (Å²) in [5.41, 5.74) is 0. The number of hydrogen-bond acceptors (Lipinski definition) is 3. The van der Waals surface area contributed by atoms with Gasteiger partial charge in [0.25, 0.3) is 0 Å². The minimum Gasteiger partial charge on any atom is -0.466 e. The van der Waals surface area contributed by atoms with Crippen molar-refractivity contribution < 1.29 is 9.53 Å². The Bertz CT molecular complexity index is 269. The molecule has 0 aromatic carbocycles. The first-order valence-electron chi connectivity index (χ1n) is 10.5. The maximum Gasteiger partial charge on any atom is 0.305 e. The van der Waals surface area contributed by atoms with Crippen molar-refractivity contribution in [3.63, 3.8) is 0 Å². The predicted octanol–water partition coefficient (Wildman–Crippen LogP) is 5.96. The van der Waals surface area contributed by atoms with Crippen molar-refractivity contribution in [1.29, 1.82) is 0 Å². The number of rotatable bonds is 18. The molecule has 0 fully saturated rings. The van der Waals surface area contributed by atoms with Crippen molar-refractivity contribution in [3.05, 3.63) is 0 Å². The number of ether oxygens (including phenoxy) is 1. The van der Waals surface area contributed by atoms with Crippen LogP contribution in [0.1, 0.15) is 104 Å². The molecule has 24 heavy (non-hydrogen) atoms. The summed E-state index contributed by atoms with van der Waals surface area (Å²) in [5.74, 6) is 0.00339. The number of hydrogen-bond donors (Lipinski definition) is 0. The summed E-state index contributed by atoms with van der Waals surface area (Å²) in [6, 6.07) is 0. The molecular weight excluding hydrogens is 298 g/mol. The molecule has 0 aromatic rings. The first-order chi connectivity index (χ1) is 11.7. The quantitative estimate of drug-likeness (QED) is 0.227. The van der Waals surface area contributed by atoms with Crippen LogP contribution in [0.2, 0.25) is 0 Å². The van der Waals surface area contributed by atoms with Gasteiger partial charge in [-0.25, -0.2) is 0 Å². The van der Waals surface area contributed by atoms with E-state index in [0.29, 0.717) is 13.0 Å². The molecule has 0 saturated heterocycles. The SMILES string of the molecule is CCCCCCCCCOC(=O)CCCCCCCN(C)CCC. The van der Waals surface area contributed by atoms with E-state index in [-0.39, 0.29) is 5.97 Å². The number of nitrogens with zero attached hydrogens (tertiary/aromatic N) is 1. The zero-order valence-corrected chi connectivity index (χ0v) is 16.8. The molecule has 0 amide bonds. The largest absolute Gasteiger partial charge is 0.466 e. The number of esters is 1. The molecule has 0 aliphatic carbocycles. The third-order valence-electron chi connectivity index (χ3n) is 4.54. The van der Waals surface area contributed by atoms with Crippen LogP contribution in [0.3, 0.4) is 0 Å². The predicted molar refractivity (Wildman–Crippen MR) is 104 cm³/mol. The van der Waals surface area contributed by atoms with Gasteiger partial charge in [-0.15, -0.1) is 0 Å². The molecule has 0 aliphatic rings. The monoisotopic (exact) mass is 341 g/mol. The first-order valence-corrected chi connectivity index (χ1v) is 10.5. The van der Waals surface area contributed by atoms with Crippen LogP contribution in [0.25, 0.3) is 0 Å². The van der Waals surface area contributed by atoms with E-state index in [1.54, 1.807) is 0 Å². The van der Waals surface area contributed by atoms with Crippen LogP contribution in [0.5, 0.6) is 0 Å². The molecule has 0 saturated carbocycles. The minimum absolute atomic E-state index is 0.00339. The second-order valence-electron chi connectivity index (χ2n) is 7.16. The van der Waals surface area contributed by atoms with Crippen LogP contribution >= 0.6 is 0 Å². The van der Waals surface area contributed by atoms with Crippen LogP contribution in [-0.4, -0.2) is 37.6 Å². The molecule has 0 radical (unpaired) electrons. The van der Waals surface area contributed by atoms with Crippen LogP contribution in [-0.2, 0) is 9.53 Å². The summed E-state index contributed by atoms with van der Waals surface area (Å²) >= 11 is 0. The highest BCUT2D eigenvalue weighted by Gasteiger charge is 2.02. The van der Waals surface area contributed by atoms with Gasteiger partial charge in [0, 0.05) is 6.42 Å². The summed E-state index contributed by atoms with van der Waals surface area (Å²) < 4.78 is 5.31. The number of carbonyl (C=O) groups excluding carboxylic acids is 1. The highest BCUT2D eigenvalue weighted by Crippen LogP contribution is 2.09. The fourth-order valence-corrected chi connectivity index (χ4v) is 2.99. The third-order valence-corrected chi connectivity index (χ3v) is 4.54. The molecular formula is C21H43NO2. The molecule has 144 valence electrons. The fourth-order valence-electron chi connectivity index (χ4n) is 2.99. The smallest absolute Gasteiger partial charge is 0.305 e. The van der Waals surface area contributed by atoms with Crippen LogP contribution in [0.15, 0.2) is 0 Å². The molecule has 0 atom stereocenters. The molecule has 3 nitrogen and oxygen atoms in total. The lowest BCUT2D eigenvalue weighted by atomic mass is 10.1. The van der Waals surface area contributed by atoms with Crippen molar-refractivity contribution in [3.8, 4) is 0 Å². The second-order valence-corrected chi connectivity index (χ2v) is 7.16. The molecule has 0 aromatic heterocycles. The van der Waals surface area contributed by atoms with Crippen LogP contribution in [0.4, 0.5) is 0 Å². The summed E-state index contributed by atoms with van der Waals surface area (Å²) in [7, 11) is 2.20. The van der Waals surface area contributed by atoms with Gasteiger partial charge in [0.1, 0.15) is 0 Å². The summed E-state index contributed by atoms with van der Waals surface area (Å²) in [5, 5.41) is 0. The van der Waals surface area contributed by atoms with Gasteiger partial charge in [0.2, 0.25) is 0 Å². The van der Waals surface area contributed by atoms with Crippen molar-refractivity contribution in [2.45, 2.75) is 104 Å². The summed E-state index contributed by atoms with van der Waals surface area (Å²) in [6.45, 7) is 7.49. The molecule has 0 bridgehead atoms. The Kier molecular flexibility index (Phi) is 18.3. The Morgan fingerprint density at radius 2 is 1.29 bits per heavy atom. The van der Waals surface area contributed by atoms with E-state index in [4.69, 9.17) is 4.74 Å². The second kappa shape index (κ2) is 18.8. The van der Waals surface area contributed by atoms with Crippen molar-refractivity contribution in [1.82, 2.24) is 4.90 Å². The zero-order chi connectivity index (χ0) is 17.9. The molecule has 0 heterocycles. The summed E-state index contributed by atoms with van der Waals surface area (Å²) in [6.07, 6.45) is 16.6. The Morgan fingerprint density at radius 1 is 0.708 bits per heavy atom. The molecule has 0 aliphatic heterocycles. The number of unbranched alkanes of at least 4 members (excludes halogenated alkanes) is 10. The van der Waals surface area contributed by atoms with E-state index >= 15 is 0 Å². The van der Waals surface area contributed by atoms with Crippen molar-refractivity contribution in [2.75, 3.05) is 26.7 Å². The van der Waals surface area contributed by atoms with Gasteiger partial charge in [-0.3, -0.25) is 4.79 Å². The Morgan fingerprint density at radius 3 is 1.96 bits per heavy atom. The molecule has 0 unspecified atom stereocenters. The van der Waals surface area contributed by atoms with Gasteiger partial charge in [-0.05, 0) is 45.8 Å². The van der Waals surface area contributed by atoms with Gasteiger partial charge in [-0.2, -0.15) is 0 Å². The van der Waals surface area contributed by atoms with Gasteiger partial charge < -0.3 is 9.64 Å². The summed E-state index contributed by atoms with van der Waals surface area (Å²) in [4.78, 5) is 14.0. The minimum atomic E-state index is 0.00339. The van der Waals surface area contributed by atoms with Crippen LogP contribution < -0.4 is 0 Å². The normalized spacial score (nSPS) is 11.2. The lowest BCUT2D eigenvalue weighted by Crippen LogP contribution is -2.20. The molecule has 0 spiro atoms. The lowest BCUT2D eigenvalue weighted by Gasteiger charge is -2.14. The van der Waals surface area contributed by atoms with Crippen molar-refractivity contribution >= 4 is 5.97 Å². The number of carbonyl (C=O) groups is 1. The Labute approximate surface area is 151 Å². The standard InChI is InChI=1S/C21H43NO2/c1-4-6-7-8-9-13-16-20-24-21(23)17-14-11-10-12-15-19-22(3)18-5-2/h4-20H2,1-3H3. The Hall–Kier alpha value is -0.570. The Balaban J connectivity index is 3.21. The lowest BCUT2D eigenvalue weighted by molar-refractivity contribution is -0.143.